The maximum absolute atomic E-state index is 14.1. The van der Waals surface area contributed by atoms with Gasteiger partial charge in [0.1, 0.15) is 0 Å². The summed E-state index contributed by atoms with van der Waals surface area (Å²) < 4.78 is 0. The molecule has 5 rings (SSSR count). The van der Waals surface area contributed by atoms with Crippen LogP contribution in [0.15, 0.2) is 24.3 Å². The first kappa shape index (κ1) is 28.3. The van der Waals surface area contributed by atoms with Gasteiger partial charge in [-0.1, -0.05) is 64.8 Å². The molecule has 40 heavy (non-hydrogen) atoms. The molecule has 4 atom stereocenters. The van der Waals surface area contributed by atoms with Gasteiger partial charge in [0.2, 0.25) is 11.7 Å². The van der Waals surface area contributed by atoms with Crippen molar-refractivity contribution in [3.8, 4) is 0 Å². The molecule has 3 fully saturated rings. The summed E-state index contributed by atoms with van der Waals surface area (Å²) in [6.07, 6.45) is 6.49. The number of amides is 4. The normalized spacial score (nSPS) is 24.2. The van der Waals surface area contributed by atoms with Crippen LogP contribution in [0.25, 0.3) is 0 Å². The summed E-state index contributed by atoms with van der Waals surface area (Å²) in [5.41, 5.74) is 0.973. The molecule has 3 unspecified atom stereocenters. The zero-order chi connectivity index (χ0) is 28.8. The zero-order valence-corrected chi connectivity index (χ0v) is 24.0. The Hall–Kier alpha value is -3.23. The molecule has 1 spiro atoms. The van der Waals surface area contributed by atoms with Gasteiger partial charge in [-0.05, 0) is 55.1 Å². The lowest BCUT2D eigenvalue weighted by molar-refractivity contribution is -0.147. The van der Waals surface area contributed by atoms with Gasteiger partial charge in [0.15, 0.2) is 5.78 Å². The van der Waals surface area contributed by atoms with Gasteiger partial charge >= 0.3 is 6.03 Å². The Bertz CT molecular complexity index is 1190. The van der Waals surface area contributed by atoms with Gasteiger partial charge in [0.05, 0.1) is 18.0 Å². The highest BCUT2D eigenvalue weighted by molar-refractivity contribution is 6.38. The van der Waals surface area contributed by atoms with Gasteiger partial charge in [-0.15, -0.1) is 0 Å². The summed E-state index contributed by atoms with van der Waals surface area (Å²) >= 11 is 0. The lowest BCUT2D eigenvalue weighted by Crippen LogP contribution is -2.62. The molecule has 0 heterocycles. The van der Waals surface area contributed by atoms with Crippen molar-refractivity contribution in [2.45, 2.75) is 109 Å². The van der Waals surface area contributed by atoms with Gasteiger partial charge in [0.25, 0.3) is 5.91 Å². The van der Waals surface area contributed by atoms with Crippen LogP contribution in [0.3, 0.4) is 0 Å². The van der Waals surface area contributed by atoms with Crippen LogP contribution in [-0.4, -0.2) is 53.6 Å². The fraction of sp³-hybridized carbons (Fsp3) is 0.645. The molecule has 4 aliphatic rings. The maximum Gasteiger partial charge on any atom is 0.315 e. The van der Waals surface area contributed by atoms with E-state index in [4.69, 9.17) is 0 Å². The SMILES string of the molecule is CCC(NC(=O)C1C(C(=O)[C@@H](NC(=O)NC2CCCC2)C(C)(C)C)CC12c1ccccc12)C(=O)C(=O)NC1CC1. The molecule has 1 aromatic rings. The molecule has 0 aromatic heterocycles. The summed E-state index contributed by atoms with van der Waals surface area (Å²) in [6, 6.07) is 5.85. The molecule has 0 radical (unpaired) electrons. The Morgan fingerprint density at radius 1 is 0.900 bits per heavy atom. The first-order chi connectivity index (χ1) is 19.0. The van der Waals surface area contributed by atoms with Crippen LogP contribution in [0.4, 0.5) is 4.79 Å². The second-order valence-corrected chi connectivity index (χ2v) is 13.2. The van der Waals surface area contributed by atoms with Crippen LogP contribution >= 0.6 is 0 Å². The third kappa shape index (κ3) is 5.27. The Morgan fingerprint density at radius 2 is 1.50 bits per heavy atom. The topological polar surface area (TPSA) is 133 Å². The minimum Gasteiger partial charge on any atom is -0.347 e. The van der Waals surface area contributed by atoms with Crippen LogP contribution < -0.4 is 21.3 Å². The van der Waals surface area contributed by atoms with Gasteiger partial charge in [-0.2, -0.15) is 0 Å². The zero-order valence-electron chi connectivity index (χ0n) is 24.0. The largest absolute Gasteiger partial charge is 0.347 e. The van der Waals surface area contributed by atoms with Gasteiger partial charge < -0.3 is 21.3 Å². The molecule has 0 saturated heterocycles. The Kier molecular flexibility index (Phi) is 7.52. The van der Waals surface area contributed by atoms with Crippen molar-refractivity contribution in [1.82, 2.24) is 21.3 Å². The molecule has 4 amide bonds. The lowest BCUT2D eigenvalue weighted by atomic mass is 9.55. The first-order valence-corrected chi connectivity index (χ1v) is 14.8. The van der Waals surface area contributed by atoms with Crippen molar-refractivity contribution < 1.29 is 24.0 Å². The highest BCUT2D eigenvalue weighted by Gasteiger charge is 2.70. The molecule has 9 heteroatoms. The number of benzene rings is 1. The summed E-state index contributed by atoms with van der Waals surface area (Å²) in [5.74, 6) is -3.26. The van der Waals surface area contributed by atoms with Gasteiger partial charge in [-0.3, -0.25) is 19.2 Å². The van der Waals surface area contributed by atoms with Crippen molar-refractivity contribution in [3.05, 3.63) is 35.4 Å². The predicted molar refractivity (Wildman–Crippen MR) is 149 cm³/mol. The van der Waals surface area contributed by atoms with Crippen molar-refractivity contribution in [2.75, 3.05) is 0 Å². The van der Waals surface area contributed by atoms with Crippen molar-refractivity contribution in [2.24, 2.45) is 17.3 Å². The van der Waals surface area contributed by atoms with E-state index in [2.05, 4.69) is 21.3 Å². The second kappa shape index (κ2) is 10.6. The average Bonchev–Trinajstić information content (AvgIpc) is 3.78. The first-order valence-electron chi connectivity index (χ1n) is 14.8. The van der Waals surface area contributed by atoms with Crippen LogP contribution in [0.1, 0.15) is 90.2 Å². The maximum atomic E-state index is 14.1. The van der Waals surface area contributed by atoms with Crippen molar-refractivity contribution >= 4 is 29.4 Å². The fourth-order valence-corrected chi connectivity index (χ4v) is 6.77. The summed E-state index contributed by atoms with van der Waals surface area (Å²) in [7, 11) is 0. The third-order valence-corrected chi connectivity index (χ3v) is 9.24. The lowest BCUT2D eigenvalue weighted by Gasteiger charge is -2.47. The Balaban J connectivity index is 1.34. The molecule has 4 aliphatic carbocycles. The van der Waals surface area contributed by atoms with Crippen molar-refractivity contribution in [1.29, 1.82) is 0 Å². The molecule has 0 aliphatic heterocycles. The molecular formula is C31H42N4O5. The number of rotatable bonds is 10. The van der Waals surface area contributed by atoms with E-state index < -0.39 is 52.3 Å². The van der Waals surface area contributed by atoms with Crippen LogP contribution in [-0.2, 0) is 24.6 Å². The van der Waals surface area contributed by atoms with E-state index in [0.717, 1.165) is 49.7 Å². The average molecular weight is 551 g/mol. The number of carbonyl (C=O) groups excluding carboxylic acids is 5. The van der Waals surface area contributed by atoms with Gasteiger partial charge in [-0.25, -0.2) is 4.79 Å². The van der Waals surface area contributed by atoms with Gasteiger partial charge in [0, 0.05) is 23.4 Å². The van der Waals surface area contributed by atoms with Crippen molar-refractivity contribution in [3.63, 3.8) is 0 Å². The van der Waals surface area contributed by atoms with Crippen LogP contribution in [0, 0.1) is 17.3 Å². The van der Waals surface area contributed by atoms with E-state index in [1.54, 1.807) is 6.92 Å². The number of Topliss-reactive ketones (excluding diaryl/α,β-unsaturated/α-hetero) is 2. The van der Waals surface area contributed by atoms with Crippen LogP contribution in [0.2, 0.25) is 0 Å². The second-order valence-electron chi connectivity index (χ2n) is 13.2. The molecule has 4 N–H and O–H groups in total. The quantitative estimate of drug-likeness (QED) is 0.333. The molecule has 3 saturated carbocycles. The summed E-state index contributed by atoms with van der Waals surface area (Å²) in [5, 5.41) is 11.5. The summed E-state index contributed by atoms with van der Waals surface area (Å²) in [4.78, 5) is 66.2. The molecule has 216 valence electrons. The molecule has 1 aromatic carbocycles. The highest BCUT2D eigenvalue weighted by atomic mass is 16.2. The number of nitrogens with one attached hydrogen (secondary N) is 4. The number of hydrogen-bond donors (Lipinski definition) is 4. The highest BCUT2D eigenvalue weighted by Crippen LogP contribution is 2.68. The summed E-state index contributed by atoms with van der Waals surface area (Å²) in [6.45, 7) is 7.47. The molecule has 0 bridgehead atoms. The van der Waals surface area contributed by atoms with E-state index in [-0.39, 0.29) is 30.3 Å². The van der Waals surface area contributed by atoms with E-state index in [0.29, 0.717) is 6.42 Å². The monoisotopic (exact) mass is 550 g/mol. The standard InChI is InChI=1S/C31H42N4O5/c1-5-22(25(37)28(39)32-18-14-15-18)34-27(38)23-19(16-31(23)20-12-8-9-13-21(20)31)24(36)26(30(2,3)4)35-29(40)33-17-10-6-7-11-17/h8-9,12-13,17-19,22-23,26H,5-7,10-11,14-16H2,1-4H3,(H,32,39)(H,34,38)(H2,33,35,40)/t19?,22?,23?,26-/m1/s1. The Labute approximate surface area is 236 Å². The fourth-order valence-electron chi connectivity index (χ4n) is 6.77. The van der Waals surface area contributed by atoms with E-state index in [9.17, 15) is 24.0 Å². The van der Waals surface area contributed by atoms with Crippen LogP contribution in [0.5, 0.6) is 0 Å². The third-order valence-electron chi connectivity index (χ3n) is 9.24. The predicted octanol–water partition coefficient (Wildman–Crippen LogP) is 2.89. The Morgan fingerprint density at radius 3 is 2.05 bits per heavy atom. The number of urea groups is 1. The minimum absolute atomic E-state index is 0.0372. The number of hydrogen-bond acceptors (Lipinski definition) is 5. The molecular weight excluding hydrogens is 508 g/mol. The number of ketones is 2. The smallest absolute Gasteiger partial charge is 0.315 e. The van der Waals surface area contributed by atoms with E-state index >= 15 is 0 Å². The molecule has 9 nitrogen and oxygen atoms in total. The minimum atomic E-state index is -0.963. The number of fused-ring (bicyclic) bond motifs is 3. The number of carbonyl (C=O) groups is 5. The van der Waals surface area contributed by atoms with E-state index in [1.807, 2.05) is 45.0 Å². The van der Waals surface area contributed by atoms with E-state index in [1.165, 1.54) is 0 Å².